The van der Waals surface area contributed by atoms with E-state index in [1.54, 1.807) is 44.2 Å². The summed E-state index contributed by atoms with van der Waals surface area (Å²) < 4.78 is 28.6. The molecule has 0 aromatic heterocycles. The molecule has 2 aromatic carbocycles. The van der Waals surface area contributed by atoms with E-state index in [-0.39, 0.29) is 39.9 Å². The van der Waals surface area contributed by atoms with Crippen molar-refractivity contribution in [1.82, 2.24) is 5.32 Å². The number of amides is 2. The molecule has 0 unspecified atom stereocenters. The Balaban J connectivity index is 2.37. The average Bonchev–Trinajstić information content (AvgIpc) is 2.73. The number of carbonyl (C=O) groups excluding carboxylic acids is 2. The molecule has 7 nitrogen and oxygen atoms in total. The van der Waals surface area contributed by atoms with Crippen LogP contribution in [0.5, 0.6) is 0 Å². The number of carbonyl (C=O) groups is 2. The van der Waals surface area contributed by atoms with E-state index >= 15 is 0 Å². The third-order valence-corrected chi connectivity index (χ3v) is 6.83. The summed E-state index contributed by atoms with van der Waals surface area (Å²) in [5.74, 6) is -0.802. The first kappa shape index (κ1) is 24.7. The highest BCUT2D eigenvalue weighted by Gasteiger charge is 2.21. The number of anilines is 2. The first-order valence-electron chi connectivity index (χ1n) is 10.0. The number of thioether (sulfide) groups is 1. The number of benzene rings is 2. The summed E-state index contributed by atoms with van der Waals surface area (Å²) in [5, 5.41) is 5.62. The van der Waals surface area contributed by atoms with Crippen LogP contribution >= 0.6 is 11.8 Å². The summed E-state index contributed by atoms with van der Waals surface area (Å²) in [6, 6.07) is 11.0. The smallest absolute Gasteiger partial charge is 0.261 e. The lowest BCUT2D eigenvalue weighted by atomic mass is 10.1. The minimum absolute atomic E-state index is 0.0125. The van der Waals surface area contributed by atoms with Gasteiger partial charge in [0, 0.05) is 16.9 Å². The molecule has 0 aliphatic rings. The van der Waals surface area contributed by atoms with E-state index in [2.05, 4.69) is 15.4 Å². The van der Waals surface area contributed by atoms with Crippen molar-refractivity contribution >= 4 is 45.0 Å². The van der Waals surface area contributed by atoms with E-state index in [4.69, 9.17) is 0 Å². The highest BCUT2D eigenvalue weighted by molar-refractivity contribution is 7.98. The SMILES string of the molecule is CC[C@H](C)NC(=O)c1ccccc1NS(=O)(=O)c1ccc(SC)c(NC(=O)C(C)C)c1. The van der Waals surface area contributed by atoms with Crippen molar-refractivity contribution in [2.75, 3.05) is 16.3 Å². The molecule has 0 fully saturated rings. The lowest BCUT2D eigenvalue weighted by Crippen LogP contribution is -2.32. The normalized spacial score (nSPS) is 12.3. The quantitative estimate of drug-likeness (QED) is 0.480. The molecule has 0 spiro atoms. The Morgan fingerprint density at radius 1 is 1.03 bits per heavy atom. The van der Waals surface area contributed by atoms with Crippen LogP contribution in [0, 0.1) is 5.92 Å². The Bertz CT molecular complexity index is 1050. The standard InChI is InChI=1S/C22H29N3O4S2/c1-6-15(4)23-22(27)17-9-7-8-10-18(17)25-31(28,29)16-11-12-20(30-5)19(13-16)24-21(26)14(2)3/h7-15,25H,6H2,1-5H3,(H,23,27)(H,24,26)/t15-/m0/s1. The second-order valence-electron chi connectivity index (χ2n) is 7.44. The molecule has 0 radical (unpaired) electrons. The molecule has 1 atom stereocenters. The second-order valence-corrected chi connectivity index (χ2v) is 9.97. The first-order valence-corrected chi connectivity index (χ1v) is 12.7. The van der Waals surface area contributed by atoms with E-state index in [0.29, 0.717) is 5.69 Å². The van der Waals surface area contributed by atoms with Crippen LogP contribution in [0.1, 0.15) is 44.5 Å². The van der Waals surface area contributed by atoms with Gasteiger partial charge in [0.1, 0.15) is 0 Å². The van der Waals surface area contributed by atoms with Crippen molar-refractivity contribution in [2.45, 2.75) is 49.9 Å². The summed E-state index contributed by atoms with van der Waals surface area (Å²) in [5.41, 5.74) is 0.849. The topological polar surface area (TPSA) is 104 Å². The van der Waals surface area contributed by atoms with E-state index in [1.807, 2.05) is 20.1 Å². The van der Waals surface area contributed by atoms with Gasteiger partial charge in [0.2, 0.25) is 5.91 Å². The largest absolute Gasteiger partial charge is 0.350 e. The van der Waals surface area contributed by atoms with Gasteiger partial charge in [-0.05, 0) is 49.9 Å². The van der Waals surface area contributed by atoms with E-state index in [9.17, 15) is 18.0 Å². The van der Waals surface area contributed by atoms with Crippen LogP contribution in [0.4, 0.5) is 11.4 Å². The Labute approximate surface area is 188 Å². The van der Waals surface area contributed by atoms with Gasteiger partial charge in [-0.3, -0.25) is 14.3 Å². The van der Waals surface area contributed by atoms with Crippen molar-refractivity contribution < 1.29 is 18.0 Å². The van der Waals surface area contributed by atoms with E-state index in [1.165, 1.54) is 23.9 Å². The molecule has 3 N–H and O–H groups in total. The fourth-order valence-corrected chi connectivity index (χ4v) is 4.25. The van der Waals surface area contributed by atoms with Gasteiger partial charge in [-0.25, -0.2) is 8.42 Å². The van der Waals surface area contributed by atoms with Crippen LogP contribution < -0.4 is 15.4 Å². The zero-order chi connectivity index (χ0) is 23.2. The molecule has 0 saturated heterocycles. The summed E-state index contributed by atoms with van der Waals surface area (Å²) in [6.45, 7) is 7.35. The number of hydrogen-bond acceptors (Lipinski definition) is 5. The van der Waals surface area contributed by atoms with Crippen LogP contribution in [0.3, 0.4) is 0 Å². The monoisotopic (exact) mass is 463 g/mol. The molecule has 0 aliphatic heterocycles. The minimum atomic E-state index is -4.00. The third-order valence-electron chi connectivity index (χ3n) is 4.67. The van der Waals surface area contributed by atoms with Gasteiger partial charge in [0.15, 0.2) is 0 Å². The van der Waals surface area contributed by atoms with Crippen molar-refractivity contribution in [3.05, 3.63) is 48.0 Å². The minimum Gasteiger partial charge on any atom is -0.350 e. The maximum absolute atomic E-state index is 13.1. The highest BCUT2D eigenvalue weighted by Crippen LogP contribution is 2.30. The summed E-state index contributed by atoms with van der Waals surface area (Å²) in [4.78, 5) is 25.5. The van der Waals surface area contributed by atoms with Crippen molar-refractivity contribution in [3.8, 4) is 0 Å². The average molecular weight is 464 g/mol. The Kier molecular flexibility index (Phi) is 8.52. The zero-order valence-corrected chi connectivity index (χ0v) is 20.0. The highest BCUT2D eigenvalue weighted by atomic mass is 32.2. The molecule has 0 bridgehead atoms. The molecular formula is C22H29N3O4S2. The third kappa shape index (κ3) is 6.48. The van der Waals surface area contributed by atoms with Gasteiger partial charge < -0.3 is 10.6 Å². The predicted octanol–water partition coefficient (Wildman–Crippen LogP) is 4.33. The Morgan fingerprint density at radius 3 is 2.32 bits per heavy atom. The van der Waals surface area contributed by atoms with Crippen molar-refractivity contribution in [3.63, 3.8) is 0 Å². The molecule has 0 aliphatic carbocycles. The van der Waals surface area contributed by atoms with E-state index in [0.717, 1.165) is 11.3 Å². The molecular weight excluding hydrogens is 434 g/mol. The molecule has 2 aromatic rings. The number of nitrogens with one attached hydrogen (secondary N) is 3. The number of rotatable bonds is 9. The second kappa shape index (κ2) is 10.7. The molecule has 31 heavy (non-hydrogen) atoms. The molecule has 9 heteroatoms. The summed E-state index contributed by atoms with van der Waals surface area (Å²) >= 11 is 1.40. The van der Waals surface area contributed by atoms with Gasteiger partial charge in [-0.2, -0.15) is 0 Å². The Hall–Kier alpha value is -2.52. The van der Waals surface area contributed by atoms with Crippen molar-refractivity contribution in [1.29, 1.82) is 0 Å². The number of hydrogen-bond donors (Lipinski definition) is 3. The molecule has 2 rings (SSSR count). The molecule has 0 heterocycles. The first-order chi connectivity index (χ1) is 14.6. The number of para-hydroxylation sites is 1. The van der Waals surface area contributed by atoms with Gasteiger partial charge in [0.25, 0.3) is 15.9 Å². The fourth-order valence-electron chi connectivity index (χ4n) is 2.61. The summed E-state index contributed by atoms with van der Waals surface area (Å²) in [6.07, 6.45) is 2.60. The van der Waals surface area contributed by atoms with Gasteiger partial charge >= 0.3 is 0 Å². The molecule has 2 amide bonds. The van der Waals surface area contributed by atoms with E-state index < -0.39 is 10.0 Å². The van der Waals surface area contributed by atoms with Gasteiger partial charge in [0.05, 0.1) is 21.8 Å². The fraction of sp³-hybridized carbons (Fsp3) is 0.364. The maximum atomic E-state index is 13.1. The van der Waals surface area contributed by atoms with Crippen molar-refractivity contribution in [2.24, 2.45) is 5.92 Å². The zero-order valence-electron chi connectivity index (χ0n) is 18.4. The Morgan fingerprint density at radius 2 is 1.71 bits per heavy atom. The summed E-state index contributed by atoms with van der Waals surface area (Å²) in [7, 11) is -4.00. The van der Waals surface area contributed by atoms with Crippen LogP contribution in [-0.4, -0.2) is 32.5 Å². The lowest BCUT2D eigenvalue weighted by Gasteiger charge is -2.16. The van der Waals surface area contributed by atoms with Crippen LogP contribution in [-0.2, 0) is 14.8 Å². The maximum Gasteiger partial charge on any atom is 0.261 e. The predicted molar refractivity (Wildman–Crippen MR) is 126 cm³/mol. The number of sulfonamides is 1. The van der Waals surface area contributed by atoms with Crippen LogP contribution in [0.15, 0.2) is 52.3 Å². The molecule has 168 valence electrons. The lowest BCUT2D eigenvalue weighted by molar-refractivity contribution is -0.118. The van der Waals surface area contributed by atoms with Crippen LogP contribution in [0.2, 0.25) is 0 Å². The van der Waals surface area contributed by atoms with Gasteiger partial charge in [-0.15, -0.1) is 11.8 Å². The van der Waals surface area contributed by atoms with Gasteiger partial charge in [-0.1, -0.05) is 32.9 Å². The van der Waals surface area contributed by atoms with Crippen LogP contribution in [0.25, 0.3) is 0 Å². The molecule has 0 saturated carbocycles.